The third-order valence-corrected chi connectivity index (χ3v) is 4.65. The lowest BCUT2D eigenvalue weighted by Gasteiger charge is -2.23. The Morgan fingerprint density at radius 3 is 2.52 bits per heavy atom. The number of hydrogen-bond donors (Lipinski definition) is 2. The quantitative estimate of drug-likeness (QED) is 0.843. The number of carbonyl (C=O) groups is 2. The summed E-state index contributed by atoms with van der Waals surface area (Å²) >= 11 is 1.34. The Morgan fingerprint density at radius 1 is 1.13 bits per heavy atom. The number of carboxylic acids is 1. The van der Waals surface area contributed by atoms with Crippen LogP contribution in [0.15, 0.2) is 47.9 Å². The molecule has 0 unspecified atom stereocenters. The van der Waals surface area contributed by atoms with Crippen molar-refractivity contribution in [1.29, 1.82) is 0 Å². The Morgan fingerprint density at radius 2 is 1.83 bits per heavy atom. The van der Waals surface area contributed by atoms with Gasteiger partial charge in [0.05, 0.1) is 17.5 Å². The predicted octanol–water partition coefficient (Wildman–Crippen LogP) is 3.42. The van der Waals surface area contributed by atoms with Crippen molar-refractivity contribution in [1.82, 2.24) is 4.98 Å². The number of aromatic nitrogens is 1. The van der Waals surface area contributed by atoms with E-state index in [9.17, 15) is 14.7 Å². The van der Waals surface area contributed by atoms with Crippen LogP contribution in [-0.4, -0.2) is 22.0 Å². The minimum absolute atomic E-state index is 0.282. The normalized spacial score (nSPS) is 20.2. The molecule has 1 amide bonds. The van der Waals surface area contributed by atoms with Crippen LogP contribution in [0.2, 0.25) is 0 Å². The van der Waals surface area contributed by atoms with Gasteiger partial charge in [-0.05, 0) is 12.8 Å². The number of hydrogen-bond acceptors (Lipinski definition) is 4. The van der Waals surface area contributed by atoms with E-state index in [1.165, 1.54) is 11.3 Å². The highest BCUT2D eigenvalue weighted by Gasteiger charge is 2.34. The number of anilines is 1. The lowest BCUT2D eigenvalue weighted by atomic mass is 9.82. The molecule has 3 rings (SSSR count). The van der Waals surface area contributed by atoms with Gasteiger partial charge in [0.1, 0.15) is 0 Å². The predicted molar refractivity (Wildman–Crippen MR) is 89.2 cm³/mol. The van der Waals surface area contributed by atoms with Gasteiger partial charge in [-0.25, -0.2) is 4.98 Å². The van der Waals surface area contributed by atoms with Crippen molar-refractivity contribution in [2.24, 2.45) is 11.8 Å². The molecule has 118 valence electrons. The Balaban J connectivity index is 1.72. The highest BCUT2D eigenvalue weighted by Crippen LogP contribution is 2.29. The zero-order valence-corrected chi connectivity index (χ0v) is 13.1. The average molecular weight is 328 g/mol. The lowest BCUT2D eigenvalue weighted by molar-refractivity contribution is -0.146. The molecule has 1 aromatic heterocycles. The highest BCUT2D eigenvalue weighted by molar-refractivity contribution is 7.14. The largest absolute Gasteiger partial charge is 0.481 e. The number of nitrogens with one attached hydrogen (secondary N) is 1. The molecule has 5 nitrogen and oxygen atoms in total. The van der Waals surface area contributed by atoms with Crippen molar-refractivity contribution in [3.8, 4) is 11.3 Å². The fraction of sp³-hybridized carbons (Fsp3) is 0.235. The van der Waals surface area contributed by atoms with Crippen LogP contribution in [0.3, 0.4) is 0 Å². The Kier molecular flexibility index (Phi) is 4.52. The monoisotopic (exact) mass is 328 g/mol. The van der Waals surface area contributed by atoms with Gasteiger partial charge in [-0.3, -0.25) is 9.59 Å². The summed E-state index contributed by atoms with van der Waals surface area (Å²) in [7, 11) is 0. The summed E-state index contributed by atoms with van der Waals surface area (Å²) in [6.07, 6.45) is 4.51. The number of aliphatic carboxylic acids is 1. The summed E-state index contributed by atoms with van der Waals surface area (Å²) < 4.78 is 0. The molecule has 0 saturated heterocycles. The van der Waals surface area contributed by atoms with E-state index < -0.39 is 17.8 Å². The van der Waals surface area contributed by atoms with Gasteiger partial charge in [0.25, 0.3) is 0 Å². The van der Waals surface area contributed by atoms with Gasteiger partial charge in [0.2, 0.25) is 5.91 Å². The highest BCUT2D eigenvalue weighted by atomic mass is 32.1. The number of rotatable bonds is 4. The molecule has 2 atom stereocenters. The molecule has 1 aliphatic rings. The van der Waals surface area contributed by atoms with Crippen LogP contribution >= 0.6 is 11.3 Å². The summed E-state index contributed by atoms with van der Waals surface area (Å²) in [5, 5.41) is 14.4. The second-order valence-electron chi connectivity index (χ2n) is 5.39. The summed E-state index contributed by atoms with van der Waals surface area (Å²) in [4.78, 5) is 28.1. The molecule has 6 heteroatoms. The SMILES string of the molecule is O=C(Nc1nc(-c2ccccc2)cs1)[C@H]1CC=CC[C@H]1C(=O)O. The molecule has 0 radical (unpaired) electrons. The fourth-order valence-electron chi connectivity index (χ4n) is 2.65. The van der Waals surface area contributed by atoms with E-state index in [0.717, 1.165) is 11.3 Å². The smallest absolute Gasteiger partial charge is 0.307 e. The molecule has 0 spiro atoms. The van der Waals surface area contributed by atoms with Gasteiger partial charge in [0.15, 0.2) is 5.13 Å². The summed E-state index contributed by atoms with van der Waals surface area (Å²) in [5.74, 6) is -2.44. The van der Waals surface area contributed by atoms with Gasteiger partial charge in [-0.15, -0.1) is 11.3 Å². The van der Waals surface area contributed by atoms with Gasteiger partial charge in [-0.2, -0.15) is 0 Å². The summed E-state index contributed by atoms with van der Waals surface area (Å²) in [5.41, 5.74) is 1.78. The molecule has 0 saturated carbocycles. The molecular weight excluding hydrogens is 312 g/mol. The lowest BCUT2D eigenvalue weighted by Crippen LogP contribution is -2.34. The molecule has 23 heavy (non-hydrogen) atoms. The number of carboxylic acid groups (broad SMARTS) is 1. The first kappa shape index (κ1) is 15.4. The van der Waals surface area contributed by atoms with Crippen molar-refractivity contribution in [2.75, 3.05) is 5.32 Å². The van der Waals surface area contributed by atoms with Crippen LogP contribution in [0.5, 0.6) is 0 Å². The first-order valence-corrected chi connectivity index (χ1v) is 8.22. The van der Waals surface area contributed by atoms with Crippen molar-refractivity contribution in [3.05, 3.63) is 47.9 Å². The average Bonchev–Trinajstić information content (AvgIpc) is 3.04. The Hall–Kier alpha value is -2.47. The minimum Gasteiger partial charge on any atom is -0.481 e. The first-order chi connectivity index (χ1) is 11.1. The number of thiazole rings is 1. The van der Waals surface area contributed by atoms with Crippen LogP contribution in [0, 0.1) is 11.8 Å². The third kappa shape index (κ3) is 3.48. The number of allylic oxidation sites excluding steroid dienone is 2. The second-order valence-corrected chi connectivity index (χ2v) is 6.25. The van der Waals surface area contributed by atoms with Gasteiger partial charge in [-0.1, -0.05) is 42.5 Å². The molecule has 0 bridgehead atoms. The van der Waals surface area contributed by atoms with E-state index in [2.05, 4.69) is 10.3 Å². The van der Waals surface area contributed by atoms with Crippen LogP contribution in [-0.2, 0) is 9.59 Å². The molecule has 1 heterocycles. The van der Waals surface area contributed by atoms with Crippen molar-refractivity contribution < 1.29 is 14.7 Å². The van der Waals surface area contributed by atoms with Crippen LogP contribution in [0.25, 0.3) is 11.3 Å². The molecule has 2 aromatic rings. The fourth-order valence-corrected chi connectivity index (χ4v) is 3.37. The summed E-state index contributed by atoms with van der Waals surface area (Å²) in [6, 6.07) is 9.69. The molecule has 2 N–H and O–H groups in total. The van der Waals surface area contributed by atoms with E-state index in [-0.39, 0.29) is 5.91 Å². The molecule has 1 aromatic carbocycles. The maximum absolute atomic E-state index is 12.4. The van der Waals surface area contributed by atoms with E-state index in [4.69, 9.17) is 0 Å². The third-order valence-electron chi connectivity index (χ3n) is 3.89. The minimum atomic E-state index is -0.932. The van der Waals surface area contributed by atoms with E-state index in [1.54, 1.807) is 0 Å². The van der Waals surface area contributed by atoms with E-state index >= 15 is 0 Å². The standard InChI is InChI=1S/C17H16N2O3S/c20-15(12-8-4-5-9-13(12)16(21)22)19-17-18-14(10-23-17)11-6-2-1-3-7-11/h1-7,10,12-13H,8-9H2,(H,21,22)(H,18,19,20)/t12-,13+/m0/s1. The molecule has 1 aliphatic carbocycles. The number of carbonyl (C=O) groups excluding carboxylic acids is 1. The van der Waals surface area contributed by atoms with Crippen LogP contribution in [0.1, 0.15) is 12.8 Å². The van der Waals surface area contributed by atoms with Crippen molar-refractivity contribution >= 4 is 28.3 Å². The van der Waals surface area contributed by atoms with Crippen molar-refractivity contribution in [3.63, 3.8) is 0 Å². The first-order valence-electron chi connectivity index (χ1n) is 7.35. The van der Waals surface area contributed by atoms with Crippen LogP contribution in [0.4, 0.5) is 5.13 Å². The Bertz CT molecular complexity index is 739. The second kappa shape index (κ2) is 6.75. The molecule has 0 aliphatic heterocycles. The van der Waals surface area contributed by atoms with E-state index in [1.807, 2.05) is 47.9 Å². The zero-order valence-electron chi connectivity index (χ0n) is 12.3. The van der Waals surface area contributed by atoms with E-state index in [0.29, 0.717) is 18.0 Å². The Labute approximate surface area is 137 Å². The molecular formula is C17H16N2O3S. The molecule has 0 fully saturated rings. The maximum Gasteiger partial charge on any atom is 0.307 e. The topological polar surface area (TPSA) is 79.3 Å². The van der Waals surface area contributed by atoms with Crippen molar-refractivity contribution in [2.45, 2.75) is 12.8 Å². The maximum atomic E-state index is 12.4. The number of benzene rings is 1. The zero-order chi connectivity index (χ0) is 16.2. The number of nitrogens with zero attached hydrogens (tertiary/aromatic N) is 1. The van der Waals surface area contributed by atoms with Gasteiger partial charge >= 0.3 is 5.97 Å². The summed E-state index contributed by atoms with van der Waals surface area (Å²) in [6.45, 7) is 0. The van der Waals surface area contributed by atoms with Gasteiger partial charge in [0, 0.05) is 10.9 Å². The van der Waals surface area contributed by atoms with Crippen LogP contribution < -0.4 is 5.32 Å². The van der Waals surface area contributed by atoms with Gasteiger partial charge < -0.3 is 10.4 Å². The number of amides is 1.